The molecule has 1 atom stereocenters. The Labute approximate surface area is 106 Å². The Morgan fingerprint density at radius 3 is 3.17 bits per heavy atom. The first-order chi connectivity index (χ1) is 8.74. The number of nitrogens with two attached hydrogens (primary N) is 1. The average molecular weight is 250 g/mol. The molecule has 5 nitrogen and oxygen atoms in total. The molecule has 0 aliphatic carbocycles. The molecule has 1 aromatic carbocycles. The molecule has 0 bridgehead atoms. The van der Waals surface area contributed by atoms with E-state index in [0.29, 0.717) is 31.4 Å². The summed E-state index contributed by atoms with van der Waals surface area (Å²) in [6.07, 6.45) is 0.562. The van der Waals surface area contributed by atoms with E-state index in [1.165, 1.54) is 0 Å². The molecule has 3 N–H and O–H groups in total. The van der Waals surface area contributed by atoms with Crippen molar-refractivity contribution in [2.75, 3.05) is 25.6 Å². The lowest BCUT2D eigenvalue weighted by molar-refractivity contribution is 0.116. The van der Waals surface area contributed by atoms with Crippen molar-refractivity contribution >= 4 is 11.8 Å². The van der Waals surface area contributed by atoms with Crippen LogP contribution in [0.15, 0.2) is 24.3 Å². The molecule has 1 heterocycles. The number of amides is 1. The summed E-state index contributed by atoms with van der Waals surface area (Å²) in [5.41, 5.74) is 7.29. The molecule has 0 radical (unpaired) electrons. The Bertz CT molecular complexity index is 403. The summed E-state index contributed by atoms with van der Waals surface area (Å²) in [6.45, 7) is 2.29. The van der Waals surface area contributed by atoms with Crippen LogP contribution in [0.5, 0.6) is 0 Å². The average Bonchev–Trinajstić information content (AvgIpc) is 2.87. The highest BCUT2D eigenvalue weighted by Crippen LogP contribution is 2.12. The van der Waals surface area contributed by atoms with Gasteiger partial charge in [-0.3, -0.25) is 0 Å². The van der Waals surface area contributed by atoms with Gasteiger partial charge in [0.05, 0.1) is 13.2 Å². The Balaban J connectivity index is 1.68. The molecule has 18 heavy (non-hydrogen) atoms. The number of rotatable bonds is 4. The van der Waals surface area contributed by atoms with Crippen LogP contribution in [-0.4, -0.2) is 25.9 Å². The van der Waals surface area contributed by atoms with Crippen molar-refractivity contribution in [1.82, 2.24) is 5.32 Å². The van der Waals surface area contributed by atoms with E-state index in [1.54, 1.807) is 0 Å². The van der Waals surface area contributed by atoms with Crippen LogP contribution < -0.4 is 11.1 Å². The fourth-order valence-corrected chi connectivity index (χ4v) is 1.84. The van der Waals surface area contributed by atoms with E-state index >= 15 is 0 Å². The quantitative estimate of drug-likeness (QED) is 0.795. The maximum atomic E-state index is 11.5. The number of nitrogen functional groups attached to an aromatic ring is 1. The lowest BCUT2D eigenvalue weighted by atomic mass is 10.1. The molecule has 1 amide bonds. The number of anilines is 1. The fraction of sp³-hybridized carbons (Fsp3) is 0.462. The molecule has 1 aliphatic heterocycles. The second-order valence-corrected chi connectivity index (χ2v) is 4.43. The van der Waals surface area contributed by atoms with E-state index in [0.717, 1.165) is 18.6 Å². The van der Waals surface area contributed by atoms with Gasteiger partial charge in [-0.2, -0.15) is 0 Å². The van der Waals surface area contributed by atoms with Crippen molar-refractivity contribution in [1.29, 1.82) is 0 Å². The van der Waals surface area contributed by atoms with Crippen LogP contribution in [0.4, 0.5) is 10.5 Å². The Morgan fingerprint density at radius 2 is 2.44 bits per heavy atom. The molecule has 1 saturated heterocycles. The summed E-state index contributed by atoms with van der Waals surface area (Å²) in [5.74, 6) is 0.336. The lowest BCUT2D eigenvalue weighted by Crippen LogP contribution is -2.26. The van der Waals surface area contributed by atoms with E-state index < -0.39 is 6.09 Å². The molecule has 1 fully saturated rings. The highest BCUT2D eigenvalue weighted by molar-refractivity contribution is 5.67. The summed E-state index contributed by atoms with van der Waals surface area (Å²) in [7, 11) is 0. The van der Waals surface area contributed by atoms with Crippen LogP contribution in [0.1, 0.15) is 12.0 Å². The number of ether oxygens (including phenoxy) is 2. The summed E-state index contributed by atoms with van der Waals surface area (Å²) < 4.78 is 10.3. The van der Waals surface area contributed by atoms with Gasteiger partial charge in [-0.15, -0.1) is 0 Å². The van der Waals surface area contributed by atoms with Crippen LogP contribution in [0.3, 0.4) is 0 Å². The van der Waals surface area contributed by atoms with Crippen molar-refractivity contribution in [2.24, 2.45) is 5.92 Å². The molecular formula is C13H18N2O3. The zero-order valence-corrected chi connectivity index (χ0v) is 10.2. The van der Waals surface area contributed by atoms with E-state index in [9.17, 15) is 4.79 Å². The maximum Gasteiger partial charge on any atom is 0.407 e. The molecule has 1 aromatic rings. The first-order valence-electron chi connectivity index (χ1n) is 6.07. The molecular weight excluding hydrogens is 232 g/mol. The van der Waals surface area contributed by atoms with E-state index in [-0.39, 0.29) is 0 Å². The number of alkyl carbamates (subject to hydrolysis) is 1. The predicted octanol–water partition coefficient (Wildman–Crippen LogP) is 1.53. The number of benzene rings is 1. The monoisotopic (exact) mass is 250 g/mol. The minimum Gasteiger partial charge on any atom is -0.449 e. The van der Waals surface area contributed by atoms with Crippen LogP contribution in [0, 0.1) is 5.92 Å². The topological polar surface area (TPSA) is 73.6 Å². The second kappa shape index (κ2) is 6.26. The van der Waals surface area contributed by atoms with Gasteiger partial charge in [0.15, 0.2) is 0 Å². The van der Waals surface area contributed by atoms with Crippen molar-refractivity contribution in [3.63, 3.8) is 0 Å². The number of nitrogens with one attached hydrogen (secondary N) is 1. The summed E-state index contributed by atoms with van der Waals surface area (Å²) in [5, 5.41) is 2.69. The first-order valence-corrected chi connectivity index (χ1v) is 6.07. The molecule has 0 spiro atoms. The molecule has 5 heteroatoms. The van der Waals surface area contributed by atoms with E-state index in [2.05, 4.69) is 5.32 Å². The normalized spacial score (nSPS) is 18.6. The molecule has 98 valence electrons. The Hall–Kier alpha value is -1.75. The third-order valence-corrected chi connectivity index (χ3v) is 2.86. The van der Waals surface area contributed by atoms with Gasteiger partial charge < -0.3 is 20.5 Å². The summed E-state index contributed by atoms with van der Waals surface area (Å²) in [6, 6.07) is 7.39. The van der Waals surface area contributed by atoms with Gasteiger partial charge in [0.1, 0.15) is 0 Å². The first kappa shape index (κ1) is 12.7. The van der Waals surface area contributed by atoms with Crippen molar-refractivity contribution in [3.8, 4) is 0 Å². The van der Waals surface area contributed by atoms with Gasteiger partial charge >= 0.3 is 6.09 Å². The maximum absolute atomic E-state index is 11.5. The van der Waals surface area contributed by atoms with E-state index in [1.807, 2.05) is 24.3 Å². The van der Waals surface area contributed by atoms with Crippen LogP contribution in [0.2, 0.25) is 0 Å². The molecule has 1 unspecified atom stereocenters. The lowest BCUT2D eigenvalue weighted by Gasteiger charge is -2.10. The number of carbonyl (C=O) groups excluding carboxylic acids is 1. The zero-order chi connectivity index (χ0) is 12.8. The molecule has 2 rings (SSSR count). The zero-order valence-electron chi connectivity index (χ0n) is 10.2. The van der Waals surface area contributed by atoms with Crippen molar-refractivity contribution in [2.45, 2.75) is 13.0 Å². The molecule has 0 aromatic heterocycles. The second-order valence-electron chi connectivity index (χ2n) is 4.43. The van der Waals surface area contributed by atoms with Crippen molar-refractivity contribution < 1.29 is 14.3 Å². The SMILES string of the molecule is Nc1cccc(CNC(=O)OCC2CCOC2)c1. The van der Waals surface area contributed by atoms with Crippen LogP contribution in [-0.2, 0) is 16.0 Å². The molecule has 0 saturated carbocycles. The third kappa shape index (κ3) is 3.92. The van der Waals surface area contributed by atoms with Gasteiger partial charge in [-0.25, -0.2) is 4.79 Å². The van der Waals surface area contributed by atoms with Crippen LogP contribution >= 0.6 is 0 Å². The largest absolute Gasteiger partial charge is 0.449 e. The van der Waals surface area contributed by atoms with Gasteiger partial charge in [0.2, 0.25) is 0 Å². The Morgan fingerprint density at radius 1 is 1.56 bits per heavy atom. The summed E-state index contributed by atoms with van der Waals surface area (Å²) >= 11 is 0. The smallest absolute Gasteiger partial charge is 0.407 e. The number of carbonyl (C=O) groups is 1. The highest BCUT2D eigenvalue weighted by atomic mass is 16.6. The van der Waals surface area contributed by atoms with Gasteiger partial charge in [0.25, 0.3) is 0 Å². The number of hydrogen-bond acceptors (Lipinski definition) is 4. The third-order valence-electron chi connectivity index (χ3n) is 2.86. The number of hydrogen-bond donors (Lipinski definition) is 2. The molecule has 1 aliphatic rings. The van der Waals surface area contributed by atoms with Gasteiger partial charge in [-0.05, 0) is 24.1 Å². The van der Waals surface area contributed by atoms with Gasteiger partial charge in [-0.1, -0.05) is 12.1 Å². The minimum absolute atomic E-state index is 0.336. The minimum atomic E-state index is -0.399. The van der Waals surface area contributed by atoms with E-state index in [4.69, 9.17) is 15.2 Å². The summed E-state index contributed by atoms with van der Waals surface area (Å²) in [4.78, 5) is 11.5. The predicted molar refractivity (Wildman–Crippen MR) is 68.0 cm³/mol. The standard InChI is InChI=1S/C13H18N2O3/c14-12-3-1-2-10(6-12)7-15-13(16)18-9-11-4-5-17-8-11/h1-3,6,11H,4-5,7-9,14H2,(H,15,16). The van der Waals surface area contributed by atoms with Crippen molar-refractivity contribution in [3.05, 3.63) is 29.8 Å². The highest BCUT2D eigenvalue weighted by Gasteiger charge is 2.17. The van der Waals surface area contributed by atoms with Crippen LogP contribution in [0.25, 0.3) is 0 Å². The Kier molecular flexibility index (Phi) is 4.41. The fourth-order valence-electron chi connectivity index (χ4n) is 1.84. The van der Waals surface area contributed by atoms with Gasteiger partial charge in [0, 0.05) is 24.8 Å².